The first kappa shape index (κ1) is 29.9. The second-order valence-electron chi connectivity index (χ2n) is 9.92. The summed E-state index contributed by atoms with van der Waals surface area (Å²) >= 11 is 0. The maximum absolute atomic E-state index is 13.0. The molecule has 0 aliphatic carbocycles. The van der Waals surface area contributed by atoms with Gasteiger partial charge >= 0.3 is 12.1 Å². The normalized spacial score (nSPS) is 14.9. The summed E-state index contributed by atoms with van der Waals surface area (Å²) in [7, 11) is 1.23. The highest BCUT2D eigenvalue weighted by Gasteiger charge is 2.34. The van der Waals surface area contributed by atoms with Crippen molar-refractivity contribution in [3.63, 3.8) is 0 Å². The summed E-state index contributed by atoms with van der Waals surface area (Å²) in [5.74, 6) is -1.75. The molecule has 10 nitrogen and oxygen atoms in total. The Kier molecular flexibility index (Phi) is 11.7. The number of rotatable bonds is 12. The van der Waals surface area contributed by atoms with E-state index >= 15 is 0 Å². The Balaban J connectivity index is 3.23. The Morgan fingerprint density at radius 2 is 1.60 bits per heavy atom. The molecular formula is C25H40N4O6. The van der Waals surface area contributed by atoms with Gasteiger partial charge in [0, 0.05) is 0 Å². The second-order valence-corrected chi connectivity index (χ2v) is 9.92. The van der Waals surface area contributed by atoms with Crippen LogP contribution in [0.25, 0.3) is 0 Å². The standard InChI is InChI=1S/C25H40N4O6/c1-15(2)13-19(22(31)27-16(3)23(32)34-7)28-20(21(26)30)18(14-17-11-9-8-10-12-17)29-24(33)35-25(4,5)6/h8-12,15-16,18-20,28H,13-14H2,1-7H3,(H2,26,30)(H,27,31)(H,29,33)/t16-,18-,19-,20-/m0/s1. The highest BCUT2D eigenvalue weighted by atomic mass is 16.6. The van der Waals surface area contributed by atoms with Gasteiger partial charge in [0.05, 0.1) is 19.2 Å². The molecule has 35 heavy (non-hydrogen) atoms. The Bertz CT molecular complexity index is 853. The van der Waals surface area contributed by atoms with E-state index in [0.29, 0.717) is 6.42 Å². The second kappa shape index (κ2) is 13.7. The Labute approximate surface area is 207 Å². The lowest BCUT2D eigenvalue weighted by molar-refractivity contribution is -0.145. The molecule has 0 aliphatic rings. The van der Waals surface area contributed by atoms with Crippen LogP contribution in [0.5, 0.6) is 0 Å². The molecule has 0 bridgehead atoms. The number of carbonyl (C=O) groups excluding carboxylic acids is 4. The highest BCUT2D eigenvalue weighted by molar-refractivity contribution is 5.88. The molecule has 0 fully saturated rings. The zero-order chi connectivity index (χ0) is 26.8. The Morgan fingerprint density at radius 1 is 1.00 bits per heavy atom. The van der Waals surface area contributed by atoms with Gasteiger partial charge in [-0.25, -0.2) is 9.59 Å². The predicted octanol–water partition coefficient (Wildman–Crippen LogP) is 1.66. The fraction of sp³-hybridized carbons (Fsp3) is 0.600. The summed E-state index contributed by atoms with van der Waals surface area (Å²) in [4.78, 5) is 50.0. The number of alkyl carbamates (subject to hydrolysis) is 1. The van der Waals surface area contributed by atoms with Crippen molar-refractivity contribution in [2.45, 2.75) is 84.2 Å². The fourth-order valence-electron chi connectivity index (χ4n) is 3.46. The van der Waals surface area contributed by atoms with E-state index in [1.165, 1.54) is 14.0 Å². The van der Waals surface area contributed by atoms with E-state index in [4.69, 9.17) is 10.5 Å². The van der Waals surface area contributed by atoms with Crippen LogP contribution in [0.2, 0.25) is 0 Å². The predicted molar refractivity (Wildman–Crippen MR) is 132 cm³/mol. The van der Waals surface area contributed by atoms with Gasteiger partial charge in [0.15, 0.2) is 0 Å². The fourth-order valence-corrected chi connectivity index (χ4v) is 3.46. The smallest absolute Gasteiger partial charge is 0.407 e. The van der Waals surface area contributed by atoms with Crippen molar-refractivity contribution in [2.75, 3.05) is 7.11 Å². The average Bonchev–Trinajstić information content (AvgIpc) is 2.74. The lowest BCUT2D eigenvalue weighted by Crippen LogP contribution is -2.62. The number of nitrogens with one attached hydrogen (secondary N) is 3. The van der Waals surface area contributed by atoms with Crippen molar-refractivity contribution in [2.24, 2.45) is 11.7 Å². The maximum atomic E-state index is 13.0. The first-order valence-corrected chi connectivity index (χ1v) is 11.7. The van der Waals surface area contributed by atoms with Gasteiger partial charge in [0.1, 0.15) is 17.7 Å². The maximum Gasteiger partial charge on any atom is 0.407 e. The van der Waals surface area contributed by atoms with Crippen LogP contribution >= 0.6 is 0 Å². The molecule has 1 rings (SSSR count). The lowest BCUT2D eigenvalue weighted by Gasteiger charge is -2.32. The van der Waals surface area contributed by atoms with Crippen LogP contribution in [0.4, 0.5) is 4.79 Å². The molecule has 0 aliphatic heterocycles. The molecule has 0 unspecified atom stereocenters. The van der Waals surface area contributed by atoms with E-state index in [-0.39, 0.29) is 12.3 Å². The van der Waals surface area contributed by atoms with Crippen molar-refractivity contribution in [1.82, 2.24) is 16.0 Å². The number of hydrogen-bond donors (Lipinski definition) is 4. The highest BCUT2D eigenvalue weighted by Crippen LogP contribution is 2.13. The molecule has 0 heterocycles. The monoisotopic (exact) mass is 492 g/mol. The molecular weight excluding hydrogens is 452 g/mol. The van der Waals surface area contributed by atoms with Crippen LogP contribution in [-0.4, -0.2) is 60.8 Å². The summed E-state index contributed by atoms with van der Waals surface area (Å²) in [6.07, 6.45) is -0.0980. The molecule has 0 aromatic heterocycles. The molecule has 4 atom stereocenters. The van der Waals surface area contributed by atoms with Gasteiger partial charge in [0.25, 0.3) is 0 Å². The van der Waals surface area contributed by atoms with Crippen LogP contribution in [0.3, 0.4) is 0 Å². The number of carbonyl (C=O) groups is 4. The first-order valence-electron chi connectivity index (χ1n) is 11.7. The van der Waals surface area contributed by atoms with Crippen LogP contribution < -0.4 is 21.7 Å². The van der Waals surface area contributed by atoms with Gasteiger partial charge in [-0.15, -0.1) is 0 Å². The lowest BCUT2D eigenvalue weighted by atomic mass is 9.96. The molecule has 1 aromatic carbocycles. The van der Waals surface area contributed by atoms with Crippen molar-refractivity contribution in [3.05, 3.63) is 35.9 Å². The van der Waals surface area contributed by atoms with Crippen LogP contribution in [0, 0.1) is 5.92 Å². The Hall–Kier alpha value is -3.14. The molecule has 196 valence electrons. The summed E-state index contributed by atoms with van der Waals surface area (Å²) in [5, 5.41) is 8.37. The van der Waals surface area contributed by atoms with Gasteiger partial charge in [-0.1, -0.05) is 44.2 Å². The summed E-state index contributed by atoms with van der Waals surface area (Å²) in [5.41, 5.74) is 5.85. The molecule has 0 radical (unpaired) electrons. The zero-order valence-corrected chi connectivity index (χ0v) is 21.7. The third-order valence-electron chi connectivity index (χ3n) is 5.03. The molecule has 0 saturated carbocycles. The quantitative estimate of drug-likeness (QED) is 0.324. The van der Waals surface area contributed by atoms with Gasteiger partial charge in [0.2, 0.25) is 11.8 Å². The minimum absolute atomic E-state index is 0.0756. The number of nitrogens with two attached hydrogens (primary N) is 1. The Morgan fingerprint density at radius 3 is 2.09 bits per heavy atom. The number of esters is 1. The van der Waals surface area contributed by atoms with Gasteiger partial charge in [-0.2, -0.15) is 0 Å². The number of hydrogen-bond acceptors (Lipinski definition) is 7. The van der Waals surface area contributed by atoms with Crippen LogP contribution in [0.1, 0.15) is 53.5 Å². The third-order valence-corrected chi connectivity index (χ3v) is 5.03. The molecule has 0 spiro atoms. The third kappa shape index (κ3) is 11.2. The van der Waals surface area contributed by atoms with Crippen molar-refractivity contribution in [3.8, 4) is 0 Å². The van der Waals surface area contributed by atoms with E-state index in [2.05, 4.69) is 20.7 Å². The van der Waals surface area contributed by atoms with E-state index in [9.17, 15) is 19.2 Å². The zero-order valence-electron chi connectivity index (χ0n) is 21.7. The number of ether oxygens (including phenoxy) is 2. The number of methoxy groups -OCH3 is 1. The van der Waals surface area contributed by atoms with E-state index in [0.717, 1.165) is 5.56 Å². The first-order chi connectivity index (χ1) is 16.2. The molecule has 1 aromatic rings. The summed E-state index contributed by atoms with van der Waals surface area (Å²) in [6, 6.07) is 5.60. The van der Waals surface area contributed by atoms with Gasteiger partial charge in [-0.3, -0.25) is 14.9 Å². The van der Waals surface area contributed by atoms with Crippen LogP contribution in [-0.2, 0) is 30.3 Å². The van der Waals surface area contributed by atoms with Crippen molar-refractivity contribution in [1.29, 1.82) is 0 Å². The van der Waals surface area contributed by atoms with Gasteiger partial charge < -0.3 is 25.8 Å². The van der Waals surface area contributed by atoms with Crippen LogP contribution in [0.15, 0.2) is 30.3 Å². The van der Waals surface area contributed by atoms with Gasteiger partial charge in [-0.05, 0) is 52.0 Å². The number of primary amides is 1. The molecule has 3 amide bonds. The topological polar surface area (TPSA) is 149 Å². The minimum Gasteiger partial charge on any atom is -0.467 e. The van der Waals surface area contributed by atoms with E-state index in [1.54, 1.807) is 20.8 Å². The van der Waals surface area contributed by atoms with Crippen molar-refractivity contribution < 1.29 is 28.7 Å². The average molecular weight is 493 g/mol. The van der Waals surface area contributed by atoms with Crippen molar-refractivity contribution >= 4 is 23.9 Å². The molecule has 10 heteroatoms. The molecule has 5 N–H and O–H groups in total. The minimum atomic E-state index is -1.11. The molecule has 0 saturated heterocycles. The van der Waals surface area contributed by atoms with E-state index in [1.807, 2.05) is 44.2 Å². The largest absolute Gasteiger partial charge is 0.467 e. The number of benzene rings is 1. The van der Waals surface area contributed by atoms with E-state index < -0.39 is 53.6 Å². The summed E-state index contributed by atoms with van der Waals surface area (Å²) in [6.45, 7) is 10.5. The summed E-state index contributed by atoms with van der Waals surface area (Å²) < 4.78 is 10.1. The SMILES string of the molecule is COC(=O)[C@H](C)NC(=O)[C@H](CC(C)C)N[C@H](C(N)=O)[C@H](Cc1ccccc1)NC(=O)OC(C)(C)C. The number of amides is 3.